The molecule has 0 spiro atoms. The summed E-state index contributed by atoms with van der Waals surface area (Å²) in [6.45, 7) is 11.4. The lowest BCUT2D eigenvalue weighted by atomic mass is 9.43. The summed E-state index contributed by atoms with van der Waals surface area (Å²) in [6.07, 6.45) is -15.0. The van der Waals surface area contributed by atoms with E-state index >= 15 is 0 Å². The van der Waals surface area contributed by atoms with E-state index in [1.54, 1.807) is 6.92 Å². The van der Waals surface area contributed by atoms with Crippen LogP contribution in [0.5, 0.6) is 0 Å². The number of carbonyl (C=O) groups is 1. The Balaban J connectivity index is 0.946. The minimum absolute atomic E-state index is 0.0791. The van der Waals surface area contributed by atoms with Crippen LogP contribution in [0.4, 0.5) is 0 Å². The van der Waals surface area contributed by atoms with E-state index < -0.39 is 111 Å². The maximum absolute atomic E-state index is 13.2. The minimum Gasteiger partial charge on any atom is -0.394 e. The van der Waals surface area contributed by atoms with Gasteiger partial charge in [0.15, 0.2) is 24.7 Å². The topological polar surface area (TPSA) is 284 Å². The first-order valence-corrected chi connectivity index (χ1v) is 23.5. The first-order valence-electron chi connectivity index (χ1n) is 23.5. The number of hydrogen-bond donors (Lipinski definition) is 10. The van der Waals surface area contributed by atoms with Crippen LogP contribution in [0.2, 0.25) is 0 Å². The molecule has 4 aliphatic heterocycles. The van der Waals surface area contributed by atoms with Crippen LogP contribution in [-0.4, -0.2) is 180 Å². The number of Topliss-reactive ketones (excluding diaryl/α,β-unsaturated/α-hetero) is 1. The van der Waals surface area contributed by atoms with E-state index in [4.69, 9.17) is 33.2 Å². The zero-order valence-corrected chi connectivity index (χ0v) is 37.4. The van der Waals surface area contributed by atoms with Gasteiger partial charge < -0.3 is 84.2 Å². The highest BCUT2D eigenvalue weighted by Gasteiger charge is 2.69. The summed E-state index contributed by atoms with van der Waals surface area (Å²) in [4.78, 5) is 13.2. The molecule has 4 saturated carbocycles. The Hall–Kier alpha value is -1.01. The Labute approximate surface area is 369 Å². The van der Waals surface area contributed by atoms with Crippen LogP contribution in [-0.2, 0) is 38.0 Å². The molecule has 18 nitrogen and oxygen atoms in total. The predicted molar refractivity (Wildman–Crippen MR) is 217 cm³/mol. The van der Waals surface area contributed by atoms with Crippen molar-refractivity contribution in [2.24, 2.45) is 52.3 Å². The number of aliphatic hydroxyl groups excluding tert-OH is 9. The molecule has 4 heterocycles. The Bertz CT molecular complexity index is 1610. The third-order valence-electron chi connectivity index (χ3n) is 17.7. The van der Waals surface area contributed by atoms with Crippen molar-refractivity contribution in [2.45, 2.75) is 209 Å². The van der Waals surface area contributed by atoms with Gasteiger partial charge in [0.25, 0.3) is 0 Å². The number of hydrogen-bond acceptors (Lipinski definition) is 18. The van der Waals surface area contributed by atoms with Crippen LogP contribution in [0.15, 0.2) is 0 Å². The van der Waals surface area contributed by atoms with Crippen molar-refractivity contribution in [3.63, 3.8) is 0 Å². The van der Waals surface area contributed by atoms with Crippen molar-refractivity contribution in [1.29, 1.82) is 0 Å². The molecule has 5 unspecified atom stereocenters. The molecule has 18 heteroatoms. The lowest BCUT2D eigenvalue weighted by molar-refractivity contribution is -0.362. The summed E-state index contributed by atoms with van der Waals surface area (Å²) in [5, 5.41) is 107. The highest BCUT2D eigenvalue weighted by Crippen LogP contribution is 2.71. The van der Waals surface area contributed by atoms with Gasteiger partial charge in [0.1, 0.15) is 66.8 Å². The summed E-state index contributed by atoms with van der Waals surface area (Å²) in [7, 11) is 0. The van der Waals surface area contributed by atoms with E-state index in [-0.39, 0.29) is 64.8 Å². The van der Waals surface area contributed by atoms with Crippen molar-refractivity contribution in [2.75, 3.05) is 13.2 Å². The first kappa shape index (κ1) is 48.4. The number of carbonyl (C=O) groups excluding carboxylic acids is 1. The second kappa shape index (κ2) is 18.1. The smallest absolute Gasteiger partial charge is 0.187 e. The highest BCUT2D eigenvalue weighted by atomic mass is 16.7. The van der Waals surface area contributed by atoms with Crippen LogP contribution >= 0.6 is 0 Å². The average Bonchev–Trinajstić information content (AvgIpc) is 3.68. The fourth-order valence-electron chi connectivity index (χ4n) is 13.9. The zero-order chi connectivity index (χ0) is 45.7. The van der Waals surface area contributed by atoms with Crippen LogP contribution in [0.3, 0.4) is 0 Å². The van der Waals surface area contributed by atoms with Crippen LogP contribution in [0.25, 0.3) is 0 Å². The van der Waals surface area contributed by atoms with Gasteiger partial charge in [-0.15, -0.1) is 0 Å². The summed E-state index contributed by atoms with van der Waals surface area (Å²) in [6, 6.07) is 0. The van der Waals surface area contributed by atoms with Gasteiger partial charge in [0.2, 0.25) is 0 Å². The lowest BCUT2D eigenvalue weighted by Gasteiger charge is -2.62. The van der Waals surface area contributed by atoms with E-state index in [1.165, 1.54) is 6.92 Å². The summed E-state index contributed by atoms with van der Waals surface area (Å²) < 4.78 is 42.6. The summed E-state index contributed by atoms with van der Waals surface area (Å²) in [5.41, 5.74) is -0.407. The molecule has 0 amide bonds. The monoisotopic (exact) mass is 902 g/mol. The number of aliphatic hydroxyl groups is 10. The second-order valence-electron chi connectivity index (χ2n) is 21.4. The predicted octanol–water partition coefficient (Wildman–Crippen LogP) is -0.545. The van der Waals surface area contributed by atoms with E-state index in [0.717, 1.165) is 25.7 Å². The largest absolute Gasteiger partial charge is 0.394 e. The van der Waals surface area contributed by atoms with Crippen molar-refractivity contribution >= 4 is 5.78 Å². The zero-order valence-electron chi connectivity index (χ0n) is 37.4. The molecule has 63 heavy (non-hydrogen) atoms. The molecule has 0 bridgehead atoms. The summed E-state index contributed by atoms with van der Waals surface area (Å²) >= 11 is 0. The van der Waals surface area contributed by atoms with Gasteiger partial charge >= 0.3 is 0 Å². The molecule has 27 atom stereocenters. The van der Waals surface area contributed by atoms with Crippen molar-refractivity contribution in [1.82, 2.24) is 0 Å². The Morgan fingerprint density at radius 3 is 2.08 bits per heavy atom. The highest BCUT2D eigenvalue weighted by molar-refractivity contribution is 5.79. The molecular formula is C45H74O18. The fourth-order valence-corrected chi connectivity index (χ4v) is 13.9. The normalized spacial score (nSPS) is 56.3. The molecule has 0 aromatic carbocycles. The van der Waals surface area contributed by atoms with E-state index in [9.17, 15) is 55.9 Å². The van der Waals surface area contributed by atoms with Crippen LogP contribution < -0.4 is 0 Å². The number of ether oxygens (including phenoxy) is 7. The number of rotatable bonds is 11. The van der Waals surface area contributed by atoms with Crippen molar-refractivity contribution < 1.29 is 89.0 Å². The van der Waals surface area contributed by atoms with Gasteiger partial charge in [-0.2, -0.15) is 0 Å². The van der Waals surface area contributed by atoms with E-state index in [0.29, 0.717) is 38.0 Å². The molecule has 0 radical (unpaired) electrons. The molecule has 10 N–H and O–H groups in total. The maximum atomic E-state index is 13.2. The Kier molecular flexibility index (Phi) is 14.0. The molecule has 4 aliphatic carbocycles. The Morgan fingerprint density at radius 2 is 1.38 bits per heavy atom. The van der Waals surface area contributed by atoms with Gasteiger partial charge in [0, 0.05) is 25.2 Å². The minimum atomic E-state index is -1.65. The second-order valence-corrected chi connectivity index (χ2v) is 21.4. The SMILES string of the molecule is C[C@@H](CC[C@@]1(O)OC2CC3C4C[C@H](O[C@H]5O[C@H](C)[C@H](O)[C@@H](O[C@@H]6O[C@H](C)[C@H](O)[C@@H](O)[C@H]6O)[C@H]5O)[C@H]5CC(=O)CC[C@]5(C)C4CC[C@]3(C)C2[C@@H]1C)CO[C@@H]1O[C@H](CO)[C@H](O)[C@@H](O)[C@H]1O. The van der Waals surface area contributed by atoms with Gasteiger partial charge in [-0.3, -0.25) is 4.79 Å². The molecule has 0 aromatic heterocycles. The first-order chi connectivity index (χ1) is 29.6. The van der Waals surface area contributed by atoms with Crippen molar-refractivity contribution in [3.8, 4) is 0 Å². The van der Waals surface area contributed by atoms with E-state index in [2.05, 4.69) is 20.8 Å². The molecule has 0 aromatic rings. The number of fused-ring (bicyclic) bond motifs is 7. The van der Waals surface area contributed by atoms with E-state index in [1.807, 2.05) is 6.92 Å². The van der Waals surface area contributed by atoms with Gasteiger partial charge in [-0.05, 0) is 98.7 Å². The molecular weight excluding hydrogens is 828 g/mol. The summed E-state index contributed by atoms with van der Waals surface area (Å²) in [5.74, 6) is -0.816. The lowest BCUT2D eigenvalue weighted by Crippen LogP contribution is -2.64. The maximum Gasteiger partial charge on any atom is 0.187 e. The quantitative estimate of drug-likeness (QED) is 0.117. The number of ketones is 1. The van der Waals surface area contributed by atoms with Crippen molar-refractivity contribution in [3.05, 3.63) is 0 Å². The molecule has 8 aliphatic rings. The molecule has 4 saturated heterocycles. The molecule has 8 fully saturated rings. The fraction of sp³-hybridized carbons (Fsp3) is 0.978. The van der Waals surface area contributed by atoms with Crippen LogP contribution in [0.1, 0.15) is 99.3 Å². The standard InChI is InChI=1S/C45H74O18/c1-18(17-57-40-36(53)35(52)33(50)29(16-46)61-40)7-12-45(56)19(2)30-28(63-45)15-25-23-14-27(26-13-22(47)8-10-43(26,5)24(23)9-11-44(25,30)6)60-42-38(55)39(32(49)21(4)59-42)62-41-37(54)34(51)31(48)20(3)58-41/h18-21,23-42,46,48-56H,7-17H2,1-6H3/t18-,19-,20+,21+,23?,24?,25?,26+,27-,28?,29+,30?,31-,32-,33-,34+,35+,36+,37+,38+,39+,40+,41-,42+,43+,44-,45+/m0/s1. The van der Waals surface area contributed by atoms with Crippen LogP contribution in [0, 0.1) is 52.3 Å². The molecule has 8 rings (SSSR count). The average molecular weight is 903 g/mol. The third-order valence-corrected chi connectivity index (χ3v) is 17.7. The van der Waals surface area contributed by atoms with Gasteiger partial charge in [0.05, 0.1) is 37.6 Å². The Morgan fingerprint density at radius 1 is 0.730 bits per heavy atom. The van der Waals surface area contributed by atoms with Gasteiger partial charge in [-0.25, -0.2) is 0 Å². The van der Waals surface area contributed by atoms with Gasteiger partial charge in [-0.1, -0.05) is 27.7 Å². The third kappa shape index (κ3) is 8.40. The molecule has 362 valence electrons.